The summed E-state index contributed by atoms with van der Waals surface area (Å²) < 4.78 is 11.8. The molecular weight excluding hydrogens is 350 g/mol. The first-order chi connectivity index (χ1) is 13.2. The molecule has 1 aliphatic rings. The normalized spacial score (nSPS) is 14.4. The first kappa shape index (κ1) is 17.2. The van der Waals surface area contributed by atoms with Gasteiger partial charge >= 0.3 is 5.76 Å². The topological polar surface area (TPSA) is 102 Å². The molecule has 0 saturated carbocycles. The smallest absolute Gasteiger partial charge is 0.408 e. The summed E-state index contributed by atoms with van der Waals surface area (Å²) in [4.78, 5) is 35.1. The van der Waals surface area contributed by atoms with Gasteiger partial charge in [-0.15, -0.1) is 0 Å². The molecule has 4 rings (SSSR count). The maximum Gasteiger partial charge on any atom is 0.420 e. The highest BCUT2D eigenvalue weighted by Crippen LogP contribution is 2.12. The lowest BCUT2D eigenvalue weighted by Crippen LogP contribution is -2.37. The van der Waals surface area contributed by atoms with Crippen LogP contribution in [-0.2, 0) is 22.6 Å². The molecule has 3 heterocycles. The van der Waals surface area contributed by atoms with E-state index >= 15 is 0 Å². The van der Waals surface area contributed by atoms with Crippen molar-refractivity contribution in [3.63, 3.8) is 0 Å². The fourth-order valence-electron chi connectivity index (χ4n) is 2.95. The van der Waals surface area contributed by atoms with Crippen LogP contribution in [0.4, 0.5) is 5.95 Å². The van der Waals surface area contributed by atoms with Crippen LogP contribution in [0, 0.1) is 0 Å². The van der Waals surface area contributed by atoms with Crippen LogP contribution < -0.4 is 16.0 Å². The van der Waals surface area contributed by atoms with Gasteiger partial charge in [0.2, 0.25) is 11.9 Å². The molecule has 1 fully saturated rings. The summed E-state index contributed by atoms with van der Waals surface area (Å²) in [5.74, 6) is -0.222. The highest BCUT2D eigenvalue weighted by molar-refractivity contribution is 5.79. The van der Waals surface area contributed by atoms with Crippen LogP contribution in [0.2, 0.25) is 0 Å². The molecular formula is C18H19N5O4. The number of benzene rings is 1. The van der Waals surface area contributed by atoms with E-state index in [0.29, 0.717) is 36.0 Å². The Kier molecular flexibility index (Phi) is 4.84. The van der Waals surface area contributed by atoms with Gasteiger partial charge in [0.05, 0.1) is 31.0 Å². The predicted octanol–water partition coefficient (Wildman–Crippen LogP) is 0.537. The van der Waals surface area contributed by atoms with Crippen molar-refractivity contribution in [1.82, 2.24) is 19.9 Å². The minimum atomic E-state index is -0.553. The van der Waals surface area contributed by atoms with Gasteiger partial charge in [-0.3, -0.25) is 9.36 Å². The largest absolute Gasteiger partial charge is 0.420 e. The first-order valence-electron chi connectivity index (χ1n) is 8.70. The Labute approximate surface area is 154 Å². The summed E-state index contributed by atoms with van der Waals surface area (Å²) in [6.45, 7) is 2.93. The predicted molar refractivity (Wildman–Crippen MR) is 97.4 cm³/mol. The molecule has 140 valence electrons. The maximum atomic E-state index is 12.3. The lowest BCUT2D eigenvalue weighted by Gasteiger charge is -2.26. The zero-order valence-electron chi connectivity index (χ0n) is 14.6. The Hall–Kier alpha value is -3.20. The van der Waals surface area contributed by atoms with E-state index in [0.717, 1.165) is 13.1 Å². The molecule has 0 radical (unpaired) electrons. The SMILES string of the molecule is O=C(Cn1c(=O)oc2ccccc21)NCc1ccnc(N2CCOCC2)n1. The molecule has 0 bridgehead atoms. The summed E-state index contributed by atoms with van der Waals surface area (Å²) in [6.07, 6.45) is 1.67. The van der Waals surface area contributed by atoms with Crippen LogP contribution in [0.5, 0.6) is 0 Å². The molecule has 0 unspecified atom stereocenters. The Balaban J connectivity index is 1.40. The van der Waals surface area contributed by atoms with Gasteiger partial charge in [0.25, 0.3) is 0 Å². The van der Waals surface area contributed by atoms with E-state index in [1.165, 1.54) is 4.57 Å². The number of hydrogen-bond donors (Lipinski definition) is 1. The van der Waals surface area contributed by atoms with Gasteiger partial charge in [-0.05, 0) is 18.2 Å². The van der Waals surface area contributed by atoms with E-state index in [9.17, 15) is 9.59 Å². The number of fused-ring (bicyclic) bond motifs is 1. The quantitative estimate of drug-likeness (QED) is 0.700. The minimum Gasteiger partial charge on any atom is -0.408 e. The molecule has 9 heteroatoms. The van der Waals surface area contributed by atoms with Gasteiger partial charge in [-0.25, -0.2) is 14.8 Å². The molecule has 3 aromatic rings. The second-order valence-corrected chi connectivity index (χ2v) is 6.15. The van der Waals surface area contributed by atoms with Gasteiger partial charge in [-0.1, -0.05) is 12.1 Å². The number of amides is 1. The van der Waals surface area contributed by atoms with Crippen molar-refractivity contribution in [2.24, 2.45) is 0 Å². The van der Waals surface area contributed by atoms with Gasteiger partial charge in [-0.2, -0.15) is 0 Å². The number of anilines is 1. The molecule has 0 spiro atoms. The van der Waals surface area contributed by atoms with Crippen molar-refractivity contribution in [1.29, 1.82) is 0 Å². The van der Waals surface area contributed by atoms with Crippen molar-refractivity contribution >= 4 is 23.0 Å². The van der Waals surface area contributed by atoms with Crippen LogP contribution in [0.3, 0.4) is 0 Å². The summed E-state index contributed by atoms with van der Waals surface area (Å²) in [5, 5.41) is 2.79. The molecule has 2 aromatic heterocycles. The number of carbonyl (C=O) groups is 1. The Morgan fingerprint density at radius 1 is 1.19 bits per heavy atom. The van der Waals surface area contributed by atoms with Crippen LogP contribution in [0.25, 0.3) is 11.1 Å². The number of carbonyl (C=O) groups excluding carboxylic acids is 1. The highest BCUT2D eigenvalue weighted by atomic mass is 16.5. The number of rotatable bonds is 5. The number of morpholine rings is 1. The Morgan fingerprint density at radius 2 is 2.00 bits per heavy atom. The van der Waals surface area contributed by atoms with E-state index < -0.39 is 5.76 Å². The highest BCUT2D eigenvalue weighted by Gasteiger charge is 2.15. The molecule has 27 heavy (non-hydrogen) atoms. The number of hydrogen-bond acceptors (Lipinski definition) is 7. The minimum absolute atomic E-state index is 0.114. The van der Waals surface area contributed by atoms with Gasteiger partial charge in [0.1, 0.15) is 6.54 Å². The number of aromatic nitrogens is 3. The van der Waals surface area contributed by atoms with Crippen molar-refractivity contribution < 1.29 is 13.9 Å². The standard InChI is InChI=1S/C18H19N5O4/c24-16(12-23-14-3-1-2-4-15(14)27-18(23)25)20-11-13-5-6-19-17(21-13)22-7-9-26-10-8-22/h1-6H,7-12H2,(H,20,24). The fourth-order valence-corrected chi connectivity index (χ4v) is 2.95. The zero-order valence-corrected chi connectivity index (χ0v) is 14.6. The van der Waals surface area contributed by atoms with Crippen LogP contribution in [0.1, 0.15) is 5.69 Å². The van der Waals surface area contributed by atoms with Crippen molar-refractivity contribution in [3.8, 4) is 0 Å². The van der Waals surface area contributed by atoms with Gasteiger partial charge in [0.15, 0.2) is 5.58 Å². The Morgan fingerprint density at radius 3 is 2.85 bits per heavy atom. The third-order valence-electron chi connectivity index (χ3n) is 4.34. The fraction of sp³-hybridized carbons (Fsp3) is 0.333. The van der Waals surface area contributed by atoms with Crippen LogP contribution >= 0.6 is 0 Å². The zero-order chi connectivity index (χ0) is 18.6. The summed E-state index contributed by atoms with van der Waals surface area (Å²) in [7, 11) is 0. The summed E-state index contributed by atoms with van der Waals surface area (Å²) >= 11 is 0. The number of nitrogens with one attached hydrogen (secondary N) is 1. The lowest BCUT2D eigenvalue weighted by atomic mass is 10.3. The lowest BCUT2D eigenvalue weighted by molar-refractivity contribution is -0.121. The monoisotopic (exact) mass is 369 g/mol. The van der Waals surface area contributed by atoms with E-state index in [2.05, 4.69) is 15.3 Å². The number of nitrogens with zero attached hydrogens (tertiary/aromatic N) is 4. The molecule has 1 N–H and O–H groups in total. The second kappa shape index (κ2) is 7.58. The molecule has 0 atom stereocenters. The number of ether oxygens (including phenoxy) is 1. The van der Waals surface area contributed by atoms with Crippen molar-refractivity contribution in [2.45, 2.75) is 13.1 Å². The average Bonchev–Trinajstić information content (AvgIpc) is 3.02. The van der Waals surface area contributed by atoms with Gasteiger partial charge < -0.3 is 19.4 Å². The van der Waals surface area contributed by atoms with E-state index in [1.54, 1.807) is 36.5 Å². The molecule has 1 saturated heterocycles. The third kappa shape index (κ3) is 3.82. The number of para-hydroxylation sites is 2. The van der Waals surface area contributed by atoms with E-state index in [-0.39, 0.29) is 19.0 Å². The molecule has 1 amide bonds. The van der Waals surface area contributed by atoms with E-state index in [4.69, 9.17) is 9.15 Å². The average molecular weight is 369 g/mol. The summed E-state index contributed by atoms with van der Waals surface area (Å²) in [6, 6.07) is 8.76. The molecule has 9 nitrogen and oxygen atoms in total. The van der Waals surface area contributed by atoms with Gasteiger partial charge in [0, 0.05) is 19.3 Å². The van der Waals surface area contributed by atoms with Crippen molar-refractivity contribution in [3.05, 3.63) is 52.8 Å². The third-order valence-corrected chi connectivity index (χ3v) is 4.34. The summed E-state index contributed by atoms with van der Waals surface area (Å²) in [5.41, 5.74) is 1.75. The first-order valence-corrected chi connectivity index (χ1v) is 8.70. The van der Waals surface area contributed by atoms with E-state index in [1.807, 2.05) is 4.90 Å². The van der Waals surface area contributed by atoms with Crippen molar-refractivity contribution in [2.75, 3.05) is 31.2 Å². The second-order valence-electron chi connectivity index (χ2n) is 6.15. The van der Waals surface area contributed by atoms with Crippen LogP contribution in [0.15, 0.2) is 45.7 Å². The molecule has 1 aromatic carbocycles. The maximum absolute atomic E-state index is 12.3. The Bertz CT molecular complexity index is 1010. The molecule has 1 aliphatic heterocycles. The molecule has 0 aliphatic carbocycles. The van der Waals surface area contributed by atoms with Crippen LogP contribution in [-0.4, -0.2) is 46.7 Å². The number of oxazole rings is 1.